The maximum absolute atomic E-state index is 13.0. The fourth-order valence-corrected chi connectivity index (χ4v) is 6.07. The predicted molar refractivity (Wildman–Crippen MR) is 82.0 cm³/mol. The van der Waals surface area contributed by atoms with Gasteiger partial charge in [-0.15, -0.1) is 0 Å². The van der Waals surface area contributed by atoms with Crippen molar-refractivity contribution in [1.29, 1.82) is 0 Å². The average molecular weight is 320 g/mol. The summed E-state index contributed by atoms with van der Waals surface area (Å²) < 4.78 is 37.8. The summed E-state index contributed by atoms with van der Waals surface area (Å²) in [5.74, 6) is -0.516. The lowest BCUT2D eigenvalue weighted by Gasteiger charge is -2.34. The van der Waals surface area contributed by atoms with E-state index in [-0.39, 0.29) is 17.1 Å². The van der Waals surface area contributed by atoms with Crippen LogP contribution in [0.2, 0.25) is 0 Å². The van der Waals surface area contributed by atoms with E-state index in [1.165, 1.54) is 0 Å². The molecule has 1 heterocycles. The molecule has 5 rings (SSSR count). The van der Waals surface area contributed by atoms with Crippen LogP contribution in [0.5, 0.6) is 0 Å². The number of benzene rings is 1. The summed E-state index contributed by atoms with van der Waals surface area (Å²) in [7, 11) is -3.32. The standard InChI is InChI=1S/C17H20O4S/c18-22(19,15-4-2-1-3-5-15)16-12-14-7-6-13(16)8-9-17(14)20-10-11-21-17/h1-7,13-14,16H,8-12H2/t13-,14-,16+/m1/s1. The van der Waals surface area contributed by atoms with Gasteiger partial charge in [0.25, 0.3) is 0 Å². The number of sulfone groups is 1. The van der Waals surface area contributed by atoms with Gasteiger partial charge in [-0.05, 0) is 30.9 Å². The van der Waals surface area contributed by atoms with Gasteiger partial charge in [-0.2, -0.15) is 0 Å². The Hall–Kier alpha value is -1.17. The molecule has 0 unspecified atom stereocenters. The van der Waals surface area contributed by atoms with Crippen LogP contribution in [0, 0.1) is 11.8 Å². The SMILES string of the molecule is O=S(=O)(c1ccccc1)[C@H]1C[C@H]2C=C[C@@H]1CCC21OCCO1. The fourth-order valence-electron chi connectivity index (χ4n) is 4.04. The largest absolute Gasteiger partial charge is 0.347 e. The third kappa shape index (κ3) is 2.14. The van der Waals surface area contributed by atoms with E-state index in [4.69, 9.17) is 9.47 Å². The number of hydrogen-bond acceptors (Lipinski definition) is 4. The Morgan fingerprint density at radius 2 is 1.77 bits per heavy atom. The normalized spacial score (nSPS) is 33.2. The van der Waals surface area contributed by atoms with Crippen LogP contribution in [0.4, 0.5) is 0 Å². The molecule has 3 atom stereocenters. The zero-order valence-electron chi connectivity index (χ0n) is 12.4. The van der Waals surface area contributed by atoms with Crippen molar-refractivity contribution in [2.75, 3.05) is 13.2 Å². The first kappa shape index (κ1) is 14.4. The van der Waals surface area contributed by atoms with Gasteiger partial charge in [-0.1, -0.05) is 30.4 Å². The maximum atomic E-state index is 13.0. The van der Waals surface area contributed by atoms with Crippen molar-refractivity contribution >= 4 is 9.84 Å². The van der Waals surface area contributed by atoms with Crippen LogP contribution in [-0.4, -0.2) is 32.7 Å². The van der Waals surface area contributed by atoms with Crippen LogP contribution in [0.25, 0.3) is 0 Å². The predicted octanol–water partition coefficient (Wildman–Crippen LogP) is 2.56. The van der Waals surface area contributed by atoms with Crippen LogP contribution in [0.15, 0.2) is 47.4 Å². The van der Waals surface area contributed by atoms with E-state index >= 15 is 0 Å². The number of rotatable bonds is 2. The van der Waals surface area contributed by atoms with Gasteiger partial charge in [0.2, 0.25) is 0 Å². The Kier molecular flexibility index (Phi) is 3.40. The molecule has 0 N–H and O–H groups in total. The van der Waals surface area contributed by atoms with Crippen LogP contribution in [0.3, 0.4) is 0 Å². The molecule has 0 amide bonds. The minimum Gasteiger partial charge on any atom is -0.347 e. The third-order valence-electron chi connectivity index (χ3n) is 5.19. The van der Waals surface area contributed by atoms with Gasteiger partial charge in [0.15, 0.2) is 15.6 Å². The summed E-state index contributed by atoms with van der Waals surface area (Å²) in [6.45, 7) is 1.20. The molecule has 3 aliphatic carbocycles. The van der Waals surface area contributed by atoms with Crippen molar-refractivity contribution in [3.8, 4) is 0 Å². The molecule has 1 spiro atoms. The van der Waals surface area contributed by atoms with Crippen LogP contribution in [0.1, 0.15) is 19.3 Å². The molecule has 2 fully saturated rings. The van der Waals surface area contributed by atoms with Gasteiger partial charge >= 0.3 is 0 Å². The van der Waals surface area contributed by atoms with Crippen molar-refractivity contribution in [2.24, 2.45) is 11.8 Å². The second-order valence-electron chi connectivity index (χ2n) is 6.33. The molecule has 1 aliphatic heterocycles. The van der Waals surface area contributed by atoms with E-state index in [0.29, 0.717) is 24.5 Å². The van der Waals surface area contributed by atoms with Crippen LogP contribution in [-0.2, 0) is 19.3 Å². The van der Waals surface area contributed by atoms with Gasteiger partial charge in [-0.3, -0.25) is 0 Å². The van der Waals surface area contributed by atoms with Crippen molar-refractivity contribution in [2.45, 2.75) is 35.2 Å². The summed E-state index contributed by atoms with van der Waals surface area (Å²) in [5.41, 5.74) is 0. The monoisotopic (exact) mass is 320 g/mol. The third-order valence-corrected chi connectivity index (χ3v) is 7.46. The second-order valence-corrected chi connectivity index (χ2v) is 8.50. The zero-order valence-corrected chi connectivity index (χ0v) is 13.2. The second kappa shape index (κ2) is 5.18. The van der Waals surface area contributed by atoms with E-state index in [1.807, 2.05) is 6.07 Å². The van der Waals surface area contributed by atoms with Crippen LogP contribution < -0.4 is 0 Å². The molecule has 22 heavy (non-hydrogen) atoms. The van der Waals surface area contributed by atoms with Gasteiger partial charge in [0, 0.05) is 12.3 Å². The van der Waals surface area contributed by atoms with Gasteiger partial charge in [0.05, 0.1) is 23.4 Å². The molecular weight excluding hydrogens is 300 g/mol. The Bertz CT molecular complexity index is 674. The number of allylic oxidation sites excluding steroid dienone is 1. The minimum absolute atomic E-state index is 0.0252. The average Bonchev–Trinajstić information content (AvgIpc) is 2.90. The highest BCUT2D eigenvalue weighted by Gasteiger charge is 2.51. The van der Waals surface area contributed by atoms with E-state index in [1.54, 1.807) is 24.3 Å². The lowest BCUT2D eigenvalue weighted by Crippen LogP contribution is -2.40. The van der Waals surface area contributed by atoms with Gasteiger partial charge in [-0.25, -0.2) is 8.42 Å². The van der Waals surface area contributed by atoms with E-state index in [2.05, 4.69) is 12.2 Å². The Labute approximate surface area is 131 Å². The molecular formula is C17H20O4S. The molecule has 4 nitrogen and oxygen atoms in total. The van der Waals surface area contributed by atoms with Crippen molar-refractivity contribution in [1.82, 2.24) is 0 Å². The van der Waals surface area contributed by atoms with Crippen LogP contribution >= 0.6 is 0 Å². The molecule has 5 heteroatoms. The molecule has 1 saturated carbocycles. The lowest BCUT2D eigenvalue weighted by atomic mass is 9.88. The molecule has 1 aromatic rings. The summed E-state index contributed by atoms with van der Waals surface area (Å²) in [5, 5.41) is -0.378. The zero-order chi connectivity index (χ0) is 15.2. The topological polar surface area (TPSA) is 52.6 Å². The van der Waals surface area contributed by atoms with Gasteiger partial charge < -0.3 is 9.47 Å². The van der Waals surface area contributed by atoms with Gasteiger partial charge in [0.1, 0.15) is 0 Å². The highest BCUT2D eigenvalue weighted by molar-refractivity contribution is 7.92. The first-order valence-corrected chi connectivity index (χ1v) is 9.42. The van der Waals surface area contributed by atoms with Crippen molar-refractivity contribution in [3.63, 3.8) is 0 Å². The van der Waals surface area contributed by atoms with E-state index in [0.717, 1.165) is 12.8 Å². The summed E-state index contributed by atoms with van der Waals surface area (Å²) >= 11 is 0. The molecule has 1 saturated heterocycles. The van der Waals surface area contributed by atoms with Crippen molar-refractivity contribution in [3.05, 3.63) is 42.5 Å². The summed E-state index contributed by atoms with van der Waals surface area (Å²) in [6.07, 6.45) is 6.33. The van der Waals surface area contributed by atoms with E-state index in [9.17, 15) is 8.42 Å². The van der Waals surface area contributed by atoms with Crippen molar-refractivity contribution < 1.29 is 17.9 Å². The highest BCUT2D eigenvalue weighted by atomic mass is 32.2. The number of fused-ring (bicyclic) bond motifs is 2. The summed E-state index contributed by atoms with van der Waals surface area (Å²) in [6, 6.07) is 8.78. The first-order valence-electron chi connectivity index (χ1n) is 7.87. The molecule has 2 bridgehead atoms. The molecule has 4 aliphatic rings. The first-order chi connectivity index (χ1) is 10.6. The highest BCUT2D eigenvalue weighted by Crippen LogP contribution is 2.47. The smallest absolute Gasteiger partial charge is 0.181 e. The Balaban J connectivity index is 1.69. The summed E-state index contributed by atoms with van der Waals surface area (Å²) in [4.78, 5) is 0.420. The quantitative estimate of drug-likeness (QED) is 0.786. The molecule has 0 aromatic heterocycles. The minimum atomic E-state index is -3.32. The molecule has 0 radical (unpaired) electrons. The Morgan fingerprint density at radius 3 is 2.50 bits per heavy atom. The number of ether oxygens (including phenoxy) is 2. The molecule has 1 aromatic carbocycles. The maximum Gasteiger partial charge on any atom is 0.181 e. The number of hydrogen-bond donors (Lipinski definition) is 0. The lowest BCUT2D eigenvalue weighted by molar-refractivity contribution is -0.187. The molecule has 118 valence electrons. The van der Waals surface area contributed by atoms with E-state index < -0.39 is 15.6 Å². The fraction of sp³-hybridized carbons (Fsp3) is 0.529. The Morgan fingerprint density at radius 1 is 1.05 bits per heavy atom.